The summed E-state index contributed by atoms with van der Waals surface area (Å²) in [6.07, 6.45) is -4.35. The number of benzene rings is 2. The van der Waals surface area contributed by atoms with Crippen LogP contribution in [0.3, 0.4) is 0 Å². The number of nitrogens with zero attached hydrogens (tertiary/aromatic N) is 2. The highest BCUT2D eigenvalue weighted by molar-refractivity contribution is 7.92. The minimum Gasteiger partial charge on any atom is -0.257 e. The molecule has 0 atom stereocenters. The van der Waals surface area contributed by atoms with E-state index in [1.54, 1.807) is 0 Å². The van der Waals surface area contributed by atoms with E-state index in [1.807, 2.05) is 0 Å². The summed E-state index contributed by atoms with van der Waals surface area (Å²) < 4.78 is 65.3. The second-order valence-corrected chi connectivity index (χ2v) is 9.58. The zero-order chi connectivity index (χ0) is 21.2. The van der Waals surface area contributed by atoms with Gasteiger partial charge in [0.1, 0.15) is 5.01 Å². The Balaban J connectivity index is 1.69. The Morgan fingerprint density at radius 1 is 1.00 bits per heavy atom. The molecular formula is C17H12Cl2F3N3O2S2. The zero-order valence-electron chi connectivity index (χ0n) is 14.4. The lowest BCUT2D eigenvalue weighted by Gasteiger charge is -2.07. The van der Waals surface area contributed by atoms with Gasteiger partial charge in [0.15, 0.2) is 0 Å². The largest absolute Gasteiger partial charge is 0.416 e. The third-order valence-electron chi connectivity index (χ3n) is 3.66. The fraction of sp³-hybridized carbons (Fsp3) is 0.176. The lowest BCUT2D eigenvalue weighted by Crippen LogP contribution is -2.15. The molecule has 0 aliphatic heterocycles. The van der Waals surface area contributed by atoms with Crippen LogP contribution in [-0.4, -0.2) is 18.6 Å². The highest BCUT2D eigenvalue weighted by Gasteiger charge is 2.30. The predicted molar refractivity (Wildman–Crippen MR) is 107 cm³/mol. The van der Waals surface area contributed by atoms with Crippen LogP contribution in [0.4, 0.5) is 18.3 Å². The maximum Gasteiger partial charge on any atom is 0.416 e. The van der Waals surface area contributed by atoms with Crippen LogP contribution in [0.15, 0.2) is 42.5 Å². The molecule has 0 aliphatic carbocycles. The van der Waals surface area contributed by atoms with Crippen LogP contribution in [0, 0.1) is 0 Å². The molecule has 0 saturated heterocycles. The van der Waals surface area contributed by atoms with Crippen molar-refractivity contribution in [2.45, 2.75) is 18.3 Å². The Hall–Kier alpha value is -1.88. The molecule has 0 radical (unpaired) electrons. The molecule has 5 nitrogen and oxygen atoms in total. The Morgan fingerprint density at radius 3 is 2.45 bits per heavy atom. The first-order valence-corrected chi connectivity index (χ1v) is 11.2. The van der Waals surface area contributed by atoms with E-state index in [-0.39, 0.29) is 22.3 Å². The van der Waals surface area contributed by atoms with E-state index in [4.69, 9.17) is 23.2 Å². The monoisotopic (exact) mass is 481 g/mol. The fourth-order valence-electron chi connectivity index (χ4n) is 2.42. The first-order chi connectivity index (χ1) is 13.5. The van der Waals surface area contributed by atoms with Gasteiger partial charge >= 0.3 is 6.18 Å². The Kier molecular flexibility index (Phi) is 6.37. The van der Waals surface area contributed by atoms with Crippen molar-refractivity contribution in [2.75, 3.05) is 4.72 Å². The van der Waals surface area contributed by atoms with Crippen LogP contribution >= 0.6 is 34.5 Å². The molecule has 0 saturated carbocycles. The van der Waals surface area contributed by atoms with Crippen molar-refractivity contribution in [2.24, 2.45) is 0 Å². The number of alkyl halides is 3. The first kappa shape index (κ1) is 21.8. The molecule has 1 heterocycles. The van der Waals surface area contributed by atoms with Crippen molar-refractivity contribution < 1.29 is 21.6 Å². The smallest absolute Gasteiger partial charge is 0.257 e. The molecule has 154 valence electrons. The standard InChI is InChI=1S/C17H12Cl2F3N3O2S2/c18-13-5-4-11(7-14(13)19)9-29(26,27)25-16-24-23-15(28-16)8-10-2-1-3-12(6-10)17(20,21)22/h1-7H,8-9H2,(H,24,25). The summed E-state index contributed by atoms with van der Waals surface area (Å²) in [5.41, 5.74) is 0.0591. The summed E-state index contributed by atoms with van der Waals surface area (Å²) in [6.45, 7) is 0. The van der Waals surface area contributed by atoms with Gasteiger partial charge in [-0.1, -0.05) is 58.8 Å². The van der Waals surface area contributed by atoms with Crippen molar-refractivity contribution in [1.29, 1.82) is 0 Å². The van der Waals surface area contributed by atoms with E-state index in [9.17, 15) is 21.6 Å². The number of hydrogen-bond acceptors (Lipinski definition) is 5. The van der Waals surface area contributed by atoms with Crippen molar-refractivity contribution in [3.63, 3.8) is 0 Å². The van der Waals surface area contributed by atoms with E-state index in [1.165, 1.54) is 30.3 Å². The van der Waals surface area contributed by atoms with E-state index in [0.29, 0.717) is 21.2 Å². The quantitative estimate of drug-likeness (QED) is 0.511. The van der Waals surface area contributed by atoms with Gasteiger partial charge in [-0.15, -0.1) is 10.2 Å². The van der Waals surface area contributed by atoms with Crippen LogP contribution in [0.2, 0.25) is 10.0 Å². The van der Waals surface area contributed by atoms with Crippen LogP contribution < -0.4 is 4.72 Å². The Bertz CT molecular complexity index is 1130. The second kappa shape index (κ2) is 8.47. The molecule has 0 spiro atoms. The number of anilines is 1. The van der Waals surface area contributed by atoms with E-state index >= 15 is 0 Å². The number of nitrogens with one attached hydrogen (secondary N) is 1. The molecule has 0 fully saturated rings. The van der Waals surface area contributed by atoms with Gasteiger partial charge in [0, 0.05) is 6.42 Å². The van der Waals surface area contributed by atoms with Crippen molar-refractivity contribution >= 4 is 49.7 Å². The molecular weight excluding hydrogens is 470 g/mol. The summed E-state index contributed by atoms with van der Waals surface area (Å²) in [7, 11) is -3.80. The predicted octanol–water partition coefficient (Wildman–Crippen LogP) is 5.40. The molecule has 0 amide bonds. The van der Waals surface area contributed by atoms with Crippen LogP contribution in [-0.2, 0) is 28.4 Å². The number of sulfonamides is 1. The van der Waals surface area contributed by atoms with Crippen LogP contribution in [0.1, 0.15) is 21.7 Å². The fourth-order valence-corrected chi connectivity index (χ4v) is 4.91. The van der Waals surface area contributed by atoms with Gasteiger partial charge in [0.05, 0.1) is 21.4 Å². The van der Waals surface area contributed by atoms with Crippen LogP contribution in [0.5, 0.6) is 0 Å². The molecule has 2 aromatic carbocycles. The molecule has 0 aliphatic rings. The number of aromatic nitrogens is 2. The molecule has 29 heavy (non-hydrogen) atoms. The Labute approximate surface area is 178 Å². The average Bonchev–Trinajstić information content (AvgIpc) is 3.03. The molecule has 0 bridgehead atoms. The molecule has 1 aromatic heterocycles. The maximum absolute atomic E-state index is 12.8. The van der Waals surface area contributed by atoms with Crippen LogP contribution in [0.25, 0.3) is 0 Å². The third kappa shape index (κ3) is 6.05. The molecule has 0 unspecified atom stereocenters. The zero-order valence-corrected chi connectivity index (χ0v) is 17.5. The van der Waals surface area contributed by atoms with Gasteiger partial charge in [-0.05, 0) is 29.3 Å². The summed E-state index contributed by atoms with van der Waals surface area (Å²) in [5.74, 6) is -0.355. The van der Waals surface area contributed by atoms with Gasteiger partial charge < -0.3 is 0 Å². The number of hydrogen-bond donors (Lipinski definition) is 1. The topological polar surface area (TPSA) is 72.0 Å². The average molecular weight is 482 g/mol. The highest BCUT2D eigenvalue weighted by atomic mass is 35.5. The van der Waals surface area contributed by atoms with Gasteiger partial charge in [0.2, 0.25) is 15.2 Å². The van der Waals surface area contributed by atoms with Gasteiger partial charge in [-0.2, -0.15) is 13.2 Å². The SMILES string of the molecule is O=S(=O)(Cc1ccc(Cl)c(Cl)c1)Nc1nnc(Cc2cccc(C(F)(F)F)c2)s1. The lowest BCUT2D eigenvalue weighted by atomic mass is 10.1. The minimum absolute atomic E-state index is 0.0204. The van der Waals surface area contributed by atoms with E-state index in [0.717, 1.165) is 23.5 Å². The van der Waals surface area contributed by atoms with Gasteiger partial charge in [-0.25, -0.2) is 8.42 Å². The van der Waals surface area contributed by atoms with E-state index in [2.05, 4.69) is 14.9 Å². The molecule has 1 N–H and O–H groups in total. The molecule has 3 aromatic rings. The first-order valence-electron chi connectivity index (χ1n) is 7.95. The summed E-state index contributed by atoms with van der Waals surface area (Å²) in [5, 5.41) is 8.53. The molecule has 3 rings (SSSR count). The third-order valence-corrected chi connectivity index (χ3v) is 6.58. The highest BCUT2D eigenvalue weighted by Crippen LogP contribution is 2.30. The van der Waals surface area contributed by atoms with E-state index < -0.39 is 21.8 Å². The van der Waals surface area contributed by atoms with Gasteiger partial charge in [0.25, 0.3) is 0 Å². The maximum atomic E-state index is 12.8. The summed E-state index contributed by atoms with van der Waals surface area (Å²) in [4.78, 5) is 0. The van der Waals surface area contributed by atoms with Crippen molar-refractivity contribution in [1.82, 2.24) is 10.2 Å². The number of rotatable bonds is 6. The van der Waals surface area contributed by atoms with Gasteiger partial charge in [-0.3, -0.25) is 4.72 Å². The number of halogens is 5. The molecule has 12 heteroatoms. The lowest BCUT2D eigenvalue weighted by molar-refractivity contribution is -0.137. The normalized spacial score (nSPS) is 12.2. The summed E-state index contributed by atoms with van der Waals surface area (Å²) in [6, 6.07) is 9.31. The summed E-state index contributed by atoms with van der Waals surface area (Å²) >= 11 is 12.6. The second-order valence-electron chi connectivity index (χ2n) is 5.99. The van der Waals surface area contributed by atoms with Crippen molar-refractivity contribution in [3.05, 3.63) is 74.2 Å². The Morgan fingerprint density at radius 2 is 1.76 bits per heavy atom. The van der Waals surface area contributed by atoms with Crippen molar-refractivity contribution in [3.8, 4) is 0 Å². The minimum atomic E-state index is -4.44.